The van der Waals surface area contributed by atoms with Crippen LogP contribution in [-0.4, -0.2) is 74.9 Å². The third-order valence-corrected chi connectivity index (χ3v) is 9.95. The Morgan fingerprint density at radius 3 is 1.50 bits per heavy atom. The molecule has 0 radical (unpaired) electrons. The summed E-state index contributed by atoms with van der Waals surface area (Å²) in [6.07, 6.45) is 36.7. The number of nitrogens with zero attached hydrogens (tertiary/aromatic N) is 1. The van der Waals surface area contributed by atoms with Gasteiger partial charge in [0.25, 0.3) is 0 Å². The highest BCUT2D eigenvalue weighted by Crippen LogP contribution is 2.43. The fourth-order valence-electron chi connectivity index (χ4n) is 5.61. The quantitative estimate of drug-likeness (QED) is 0.0218. The number of carbonyl (C=O) groups excluding carboxylic acids is 2. The van der Waals surface area contributed by atoms with Gasteiger partial charge in [-0.3, -0.25) is 18.6 Å². The first kappa shape index (κ1) is 50.5. The number of hydrogen-bond donors (Lipinski definition) is 1. The summed E-state index contributed by atoms with van der Waals surface area (Å²) in [6, 6.07) is 0. The highest BCUT2D eigenvalue weighted by Gasteiger charge is 2.27. The van der Waals surface area contributed by atoms with Gasteiger partial charge < -0.3 is 18.9 Å². The van der Waals surface area contributed by atoms with Crippen LogP contribution in [0.3, 0.4) is 0 Å². The molecule has 0 aliphatic carbocycles. The van der Waals surface area contributed by atoms with E-state index in [4.69, 9.17) is 18.5 Å². The van der Waals surface area contributed by atoms with E-state index < -0.39 is 32.5 Å². The molecular formula is C42H81NO8P+. The van der Waals surface area contributed by atoms with Gasteiger partial charge in [-0.2, -0.15) is 0 Å². The molecule has 1 N–H and O–H groups in total. The number of allylic oxidation sites excluding steroid dienone is 4. The molecule has 0 saturated carbocycles. The van der Waals surface area contributed by atoms with Gasteiger partial charge in [0.15, 0.2) is 6.10 Å². The summed E-state index contributed by atoms with van der Waals surface area (Å²) >= 11 is 0. The zero-order chi connectivity index (χ0) is 38.6. The van der Waals surface area contributed by atoms with Gasteiger partial charge in [-0.15, -0.1) is 0 Å². The summed E-state index contributed by atoms with van der Waals surface area (Å²) < 4.78 is 34.2. The van der Waals surface area contributed by atoms with Crippen molar-refractivity contribution in [2.24, 2.45) is 0 Å². The van der Waals surface area contributed by atoms with Crippen LogP contribution < -0.4 is 0 Å². The van der Waals surface area contributed by atoms with Gasteiger partial charge in [-0.05, 0) is 51.4 Å². The number of hydrogen-bond acceptors (Lipinski definition) is 7. The lowest BCUT2D eigenvalue weighted by Crippen LogP contribution is -2.37. The van der Waals surface area contributed by atoms with Crippen molar-refractivity contribution in [2.45, 2.75) is 187 Å². The average Bonchev–Trinajstić information content (AvgIpc) is 3.09. The molecular weight excluding hydrogens is 677 g/mol. The number of phosphoric ester groups is 1. The van der Waals surface area contributed by atoms with E-state index in [1.165, 1.54) is 103 Å². The number of carbonyl (C=O) groups is 2. The summed E-state index contributed by atoms with van der Waals surface area (Å²) in [7, 11) is 1.45. The van der Waals surface area contributed by atoms with Crippen molar-refractivity contribution in [3.8, 4) is 0 Å². The van der Waals surface area contributed by atoms with Crippen molar-refractivity contribution in [2.75, 3.05) is 47.5 Å². The summed E-state index contributed by atoms with van der Waals surface area (Å²) in [5.41, 5.74) is 0. The first-order valence-corrected chi connectivity index (χ1v) is 22.6. The standard InChI is InChI=1S/C42H80NO8P/c1-6-8-10-12-14-16-18-20-21-23-24-26-28-30-32-34-41(44)48-38-40(39-50-52(46,47)49-37-36-43(3,4)5)51-42(45)35-33-31-29-27-25-22-19-17-15-13-11-9-7-2/h22,25,28,30,40H,6-21,23-24,26-27,29,31-39H2,1-5H3/p+1/b25-22+,30-28+/t40-/m1/s1. The van der Waals surface area contributed by atoms with Crippen LogP contribution >= 0.6 is 7.82 Å². The van der Waals surface area contributed by atoms with E-state index in [0.717, 1.165) is 38.5 Å². The molecule has 52 heavy (non-hydrogen) atoms. The van der Waals surface area contributed by atoms with Crippen LogP contribution in [0.2, 0.25) is 0 Å². The van der Waals surface area contributed by atoms with Crippen molar-refractivity contribution < 1.29 is 42.1 Å². The Bertz CT molecular complexity index is 949. The molecule has 2 atom stereocenters. The molecule has 0 aliphatic heterocycles. The largest absolute Gasteiger partial charge is 0.472 e. The summed E-state index contributed by atoms with van der Waals surface area (Å²) in [4.78, 5) is 35.2. The van der Waals surface area contributed by atoms with E-state index in [1.54, 1.807) is 0 Å². The minimum absolute atomic E-state index is 0.0255. The Hall–Kier alpha value is -1.51. The number of esters is 2. The van der Waals surface area contributed by atoms with Crippen LogP contribution in [0.25, 0.3) is 0 Å². The van der Waals surface area contributed by atoms with Gasteiger partial charge >= 0.3 is 19.8 Å². The number of quaternary nitrogens is 1. The van der Waals surface area contributed by atoms with Crippen LogP contribution in [0.5, 0.6) is 0 Å². The Morgan fingerprint density at radius 1 is 0.577 bits per heavy atom. The molecule has 0 aromatic rings. The average molecular weight is 759 g/mol. The molecule has 0 aliphatic rings. The van der Waals surface area contributed by atoms with Crippen LogP contribution in [0.15, 0.2) is 24.3 Å². The molecule has 0 rings (SSSR count). The molecule has 306 valence electrons. The second-order valence-electron chi connectivity index (χ2n) is 15.4. The maximum Gasteiger partial charge on any atom is 0.472 e. The first-order chi connectivity index (χ1) is 25.0. The number of phosphoric acid groups is 1. The van der Waals surface area contributed by atoms with Gasteiger partial charge in [-0.1, -0.05) is 141 Å². The lowest BCUT2D eigenvalue weighted by molar-refractivity contribution is -0.870. The fourth-order valence-corrected chi connectivity index (χ4v) is 6.36. The Labute approximate surface area is 319 Å². The maximum absolute atomic E-state index is 12.6. The number of rotatable bonds is 38. The summed E-state index contributed by atoms with van der Waals surface area (Å²) in [5, 5.41) is 0. The molecule has 10 heteroatoms. The minimum atomic E-state index is -4.38. The van der Waals surface area contributed by atoms with E-state index in [-0.39, 0.29) is 26.1 Å². The minimum Gasteiger partial charge on any atom is -0.462 e. The maximum atomic E-state index is 12.6. The van der Waals surface area contributed by atoms with Gasteiger partial charge in [0.1, 0.15) is 19.8 Å². The molecule has 0 spiro atoms. The highest BCUT2D eigenvalue weighted by molar-refractivity contribution is 7.47. The van der Waals surface area contributed by atoms with Crippen molar-refractivity contribution in [1.82, 2.24) is 0 Å². The Morgan fingerprint density at radius 2 is 1.02 bits per heavy atom. The molecule has 0 fully saturated rings. The first-order valence-electron chi connectivity index (χ1n) is 21.1. The molecule has 0 amide bonds. The van der Waals surface area contributed by atoms with Gasteiger partial charge in [-0.25, -0.2) is 4.57 Å². The zero-order valence-electron chi connectivity index (χ0n) is 34.3. The number of ether oxygens (including phenoxy) is 2. The summed E-state index contributed by atoms with van der Waals surface area (Å²) in [5.74, 6) is -0.872. The predicted octanol–water partition coefficient (Wildman–Crippen LogP) is 11.6. The van der Waals surface area contributed by atoms with Crippen LogP contribution in [0.4, 0.5) is 0 Å². The van der Waals surface area contributed by atoms with Crippen molar-refractivity contribution >= 4 is 19.8 Å². The number of unbranched alkanes of at least 4 members (excludes halogenated alkanes) is 20. The van der Waals surface area contributed by atoms with E-state index in [2.05, 4.69) is 32.1 Å². The van der Waals surface area contributed by atoms with Gasteiger partial charge in [0.05, 0.1) is 27.7 Å². The van der Waals surface area contributed by atoms with E-state index in [9.17, 15) is 19.0 Å². The smallest absolute Gasteiger partial charge is 0.462 e. The lowest BCUT2D eigenvalue weighted by Gasteiger charge is -2.24. The molecule has 9 nitrogen and oxygen atoms in total. The monoisotopic (exact) mass is 759 g/mol. The molecule has 0 bridgehead atoms. The molecule has 1 unspecified atom stereocenters. The van der Waals surface area contributed by atoms with Crippen LogP contribution in [0, 0.1) is 0 Å². The second-order valence-corrected chi connectivity index (χ2v) is 16.8. The highest BCUT2D eigenvalue weighted by atomic mass is 31.2. The Balaban J connectivity index is 4.44. The van der Waals surface area contributed by atoms with Crippen molar-refractivity contribution in [3.05, 3.63) is 24.3 Å². The van der Waals surface area contributed by atoms with Gasteiger partial charge in [0, 0.05) is 12.8 Å². The SMILES string of the molecule is CCCCCCCC/C=C/CCCCCC(=O)O[C@H](COC(=O)CC/C=C/CCCCCCCCCCCCC)COP(=O)(O)OCC[N+](C)(C)C. The van der Waals surface area contributed by atoms with E-state index in [0.29, 0.717) is 23.9 Å². The summed E-state index contributed by atoms with van der Waals surface area (Å²) in [6.45, 7) is 4.35. The van der Waals surface area contributed by atoms with Gasteiger partial charge in [0.2, 0.25) is 0 Å². The number of likely N-dealkylation sites (N-methyl/N-ethyl adjacent to an activating group) is 1. The third kappa shape index (κ3) is 38.2. The molecule has 0 saturated heterocycles. The van der Waals surface area contributed by atoms with Crippen LogP contribution in [0.1, 0.15) is 181 Å². The topological polar surface area (TPSA) is 108 Å². The molecule has 0 heterocycles. The van der Waals surface area contributed by atoms with Crippen LogP contribution in [-0.2, 0) is 32.7 Å². The fraction of sp³-hybridized carbons (Fsp3) is 0.857. The van der Waals surface area contributed by atoms with Crippen molar-refractivity contribution in [1.29, 1.82) is 0 Å². The second kappa shape index (κ2) is 35.2. The molecule has 0 aromatic carbocycles. The zero-order valence-corrected chi connectivity index (χ0v) is 35.2. The normalized spacial score (nSPS) is 13.9. The van der Waals surface area contributed by atoms with E-state index in [1.807, 2.05) is 27.2 Å². The molecule has 0 aromatic heterocycles. The van der Waals surface area contributed by atoms with Crippen molar-refractivity contribution in [3.63, 3.8) is 0 Å². The lowest BCUT2D eigenvalue weighted by atomic mass is 10.1. The predicted molar refractivity (Wildman–Crippen MR) is 215 cm³/mol. The Kier molecular flexibility index (Phi) is 34.2. The van der Waals surface area contributed by atoms with E-state index >= 15 is 0 Å². The third-order valence-electron chi connectivity index (χ3n) is 8.97.